The summed E-state index contributed by atoms with van der Waals surface area (Å²) >= 11 is 13.9. The lowest BCUT2D eigenvalue weighted by molar-refractivity contribution is 0.406. The largest absolute Gasteiger partial charge is 0.493 e. The van der Waals surface area contributed by atoms with Crippen LogP contribution in [0.3, 0.4) is 0 Å². The number of hydrogen-bond donors (Lipinski definition) is 0. The fraction of sp³-hybridized carbons (Fsp3) is 0.100. The number of benzene rings is 2. The Morgan fingerprint density at radius 1 is 1.13 bits per heavy atom. The highest BCUT2D eigenvalue weighted by Crippen LogP contribution is 2.35. The van der Waals surface area contributed by atoms with Crippen molar-refractivity contribution in [3.05, 3.63) is 68.5 Å². The smallest absolute Gasteiger partial charge is 0.345 e. The standard InChI is InChI=1S/C20H12Cl2N4O3S/c1-28-15-7-2-4-10-8-12(19(27)29-17(10)15)14-9-30-20-24-23-18(26(20)25-14)11-5-3-6-13(21)16(11)22/h2-8H,9H2,1H3. The van der Waals surface area contributed by atoms with Crippen molar-refractivity contribution in [3.8, 4) is 17.1 Å². The summed E-state index contributed by atoms with van der Waals surface area (Å²) in [6.07, 6.45) is 0. The predicted octanol–water partition coefficient (Wildman–Crippen LogP) is 4.73. The molecular weight excluding hydrogens is 447 g/mol. The van der Waals surface area contributed by atoms with Gasteiger partial charge in [-0.25, -0.2) is 4.79 Å². The van der Waals surface area contributed by atoms with Crippen molar-refractivity contribution >= 4 is 51.6 Å². The number of thioether (sulfide) groups is 1. The summed E-state index contributed by atoms with van der Waals surface area (Å²) < 4.78 is 12.4. The van der Waals surface area contributed by atoms with Gasteiger partial charge in [0.1, 0.15) is 0 Å². The first-order chi connectivity index (χ1) is 14.6. The Labute approximate surface area is 184 Å². The van der Waals surface area contributed by atoms with E-state index < -0.39 is 5.63 Å². The Bertz CT molecular complexity index is 1400. The minimum Gasteiger partial charge on any atom is -0.493 e. The van der Waals surface area contributed by atoms with E-state index >= 15 is 0 Å². The van der Waals surface area contributed by atoms with Crippen LogP contribution in [-0.2, 0) is 0 Å². The van der Waals surface area contributed by atoms with Gasteiger partial charge >= 0.3 is 5.63 Å². The van der Waals surface area contributed by atoms with E-state index in [2.05, 4.69) is 15.3 Å². The number of para-hydroxylation sites is 1. The molecule has 3 heterocycles. The van der Waals surface area contributed by atoms with E-state index in [1.54, 1.807) is 35.0 Å². The Morgan fingerprint density at radius 2 is 1.97 bits per heavy atom. The third-order valence-corrected chi connectivity index (χ3v) is 6.37. The van der Waals surface area contributed by atoms with E-state index in [0.29, 0.717) is 55.0 Å². The third kappa shape index (κ3) is 3.08. The van der Waals surface area contributed by atoms with Crippen molar-refractivity contribution in [3.63, 3.8) is 0 Å². The Kier molecular flexibility index (Phi) is 4.77. The maximum atomic E-state index is 12.7. The van der Waals surface area contributed by atoms with Crippen LogP contribution in [-0.4, -0.2) is 33.4 Å². The average Bonchev–Trinajstić information content (AvgIpc) is 3.18. The van der Waals surface area contributed by atoms with Crippen molar-refractivity contribution in [2.45, 2.75) is 5.16 Å². The molecule has 1 aliphatic rings. The van der Waals surface area contributed by atoms with Crippen LogP contribution in [0.15, 0.2) is 61.9 Å². The monoisotopic (exact) mass is 458 g/mol. The molecule has 0 atom stereocenters. The Morgan fingerprint density at radius 3 is 2.80 bits per heavy atom. The molecular formula is C20H12Cl2N4O3S. The molecule has 0 saturated carbocycles. The van der Waals surface area contributed by atoms with Crippen LogP contribution in [0.25, 0.3) is 22.4 Å². The molecule has 4 aromatic rings. The molecule has 2 aromatic heterocycles. The van der Waals surface area contributed by atoms with Gasteiger partial charge < -0.3 is 9.15 Å². The molecule has 0 fully saturated rings. The number of nitrogens with zero attached hydrogens (tertiary/aromatic N) is 4. The minimum absolute atomic E-state index is 0.360. The highest BCUT2D eigenvalue weighted by atomic mass is 35.5. The SMILES string of the molecule is COc1cccc2cc(C3=Nn4c(nnc4-c4cccc(Cl)c4Cl)SC3)c(=O)oc12. The summed E-state index contributed by atoms with van der Waals surface area (Å²) in [7, 11) is 1.53. The van der Waals surface area contributed by atoms with Gasteiger partial charge in [-0.15, -0.1) is 10.2 Å². The van der Waals surface area contributed by atoms with Crippen LogP contribution in [0, 0.1) is 0 Å². The van der Waals surface area contributed by atoms with Crippen molar-refractivity contribution < 1.29 is 9.15 Å². The van der Waals surface area contributed by atoms with E-state index in [0.717, 1.165) is 5.39 Å². The second kappa shape index (κ2) is 7.46. The van der Waals surface area contributed by atoms with Crippen LogP contribution in [0.1, 0.15) is 5.56 Å². The van der Waals surface area contributed by atoms with Crippen LogP contribution < -0.4 is 10.4 Å². The number of aromatic nitrogens is 3. The number of halogens is 2. The molecule has 0 unspecified atom stereocenters. The average molecular weight is 459 g/mol. The van der Waals surface area contributed by atoms with Gasteiger partial charge in [-0.1, -0.05) is 53.2 Å². The fourth-order valence-electron chi connectivity index (χ4n) is 3.18. The van der Waals surface area contributed by atoms with Gasteiger partial charge in [0.15, 0.2) is 17.2 Å². The maximum Gasteiger partial charge on any atom is 0.345 e. The van der Waals surface area contributed by atoms with Gasteiger partial charge in [0, 0.05) is 16.7 Å². The first-order valence-corrected chi connectivity index (χ1v) is 10.5. The number of fused-ring (bicyclic) bond motifs is 2. The fourth-order valence-corrected chi connectivity index (χ4v) is 4.40. The molecule has 1 aliphatic heterocycles. The van der Waals surface area contributed by atoms with Crippen LogP contribution >= 0.6 is 35.0 Å². The molecule has 150 valence electrons. The van der Waals surface area contributed by atoms with Crippen molar-refractivity contribution in [1.29, 1.82) is 0 Å². The van der Waals surface area contributed by atoms with Crippen LogP contribution in [0.5, 0.6) is 5.75 Å². The van der Waals surface area contributed by atoms with Crippen molar-refractivity contribution in [1.82, 2.24) is 14.9 Å². The molecule has 5 rings (SSSR count). The molecule has 0 radical (unpaired) electrons. The van der Waals surface area contributed by atoms with E-state index in [4.69, 9.17) is 32.4 Å². The number of rotatable bonds is 3. The highest BCUT2D eigenvalue weighted by Gasteiger charge is 2.24. The number of hydrogen-bond acceptors (Lipinski definition) is 7. The molecule has 2 aromatic carbocycles. The second-order valence-electron chi connectivity index (χ2n) is 6.38. The highest BCUT2D eigenvalue weighted by molar-refractivity contribution is 7.99. The predicted molar refractivity (Wildman–Crippen MR) is 117 cm³/mol. The normalized spacial score (nSPS) is 13.2. The molecule has 0 bridgehead atoms. The van der Waals surface area contributed by atoms with Crippen LogP contribution in [0.4, 0.5) is 0 Å². The lowest BCUT2D eigenvalue weighted by atomic mass is 10.1. The van der Waals surface area contributed by atoms with E-state index in [1.807, 2.05) is 12.1 Å². The van der Waals surface area contributed by atoms with Gasteiger partial charge in [-0.2, -0.15) is 9.78 Å². The zero-order valence-corrected chi connectivity index (χ0v) is 17.8. The second-order valence-corrected chi connectivity index (χ2v) is 8.11. The van der Waals surface area contributed by atoms with E-state index in [-0.39, 0.29) is 0 Å². The molecule has 30 heavy (non-hydrogen) atoms. The third-order valence-electron chi connectivity index (χ3n) is 4.62. The molecule has 0 N–H and O–H groups in total. The quantitative estimate of drug-likeness (QED) is 0.412. The lowest BCUT2D eigenvalue weighted by Gasteiger charge is -2.14. The summed E-state index contributed by atoms with van der Waals surface area (Å²) in [5.74, 6) is 1.38. The topological polar surface area (TPSA) is 82.5 Å². The Hall–Kier alpha value is -2.81. The maximum absolute atomic E-state index is 12.7. The molecule has 0 amide bonds. The molecule has 7 nitrogen and oxygen atoms in total. The summed E-state index contributed by atoms with van der Waals surface area (Å²) in [4.78, 5) is 12.7. The zero-order valence-electron chi connectivity index (χ0n) is 15.4. The summed E-state index contributed by atoms with van der Waals surface area (Å²) in [5, 5.41) is 15.1. The number of ether oxygens (including phenoxy) is 1. The lowest BCUT2D eigenvalue weighted by Crippen LogP contribution is -2.21. The summed E-state index contributed by atoms with van der Waals surface area (Å²) in [5.41, 5.74) is 1.42. The van der Waals surface area contributed by atoms with Gasteiger partial charge in [-0.05, 0) is 24.3 Å². The Balaban J connectivity index is 1.66. The summed E-state index contributed by atoms with van der Waals surface area (Å²) in [6.45, 7) is 0. The molecule has 0 saturated heterocycles. The molecule has 0 aliphatic carbocycles. The van der Waals surface area contributed by atoms with Gasteiger partial charge in [0.2, 0.25) is 5.16 Å². The molecule has 0 spiro atoms. The first-order valence-electron chi connectivity index (χ1n) is 8.78. The zero-order chi connectivity index (χ0) is 20.8. The summed E-state index contributed by atoms with van der Waals surface area (Å²) in [6, 6.07) is 12.4. The minimum atomic E-state index is -0.495. The van der Waals surface area contributed by atoms with Gasteiger partial charge in [0.05, 0.1) is 28.4 Å². The van der Waals surface area contributed by atoms with Gasteiger partial charge in [0.25, 0.3) is 0 Å². The van der Waals surface area contributed by atoms with Crippen molar-refractivity contribution in [2.24, 2.45) is 5.10 Å². The van der Waals surface area contributed by atoms with Crippen LogP contribution in [0.2, 0.25) is 10.0 Å². The first kappa shape index (κ1) is 19.2. The number of methoxy groups -OCH3 is 1. The van der Waals surface area contributed by atoms with Gasteiger partial charge in [-0.3, -0.25) is 0 Å². The van der Waals surface area contributed by atoms with E-state index in [1.165, 1.54) is 18.9 Å². The molecule has 10 heteroatoms. The van der Waals surface area contributed by atoms with Crippen molar-refractivity contribution in [2.75, 3.05) is 12.9 Å². The van der Waals surface area contributed by atoms with E-state index in [9.17, 15) is 4.79 Å².